The largest absolute Gasteiger partial charge is 0.494 e. The van der Waals surface area contributed by atoms with Gasteiger partial charge in [-0.2, -0.15) is 0 Å². The molecule has 1 aromatic rings. The normalized spacial score (nSPS) is 14.1. The van der Waals surface area contributed by atoms with E-state index in [1.807, 2.05) is 24.3 Å². The van der Waals surface area contributed by atoms with Crippen molar-refractivity contribution in [2.45, 2.75) is 46.0 Å². The van der Waals surface area contributed by atoms with Gasteiger partial charge in [0, 0.05) is 4.47 Å². The maximum Gasteiger partial charge on any atom is 0.120 e. The SMILES string of the molecule is CCCCC(CC)(CN)CCOc1cccc(Br)c1. The molecule has 19 heavy (non-hydrogen) atoms. The van der Waals surface area contributed by atoms with Crippen LogP contribution in [0.15, 0.2) is 28.7 Å². The first kappa shape index (κ1) is 16.5. The molecule has 0 saturated heterocycles. The highest BCUT2D eigenvalue weighted by Crippen LogP contribution is 2.32. The summed E-state index contributed by atoms with van der Waals surface area (Å²) >= 11 is 3.46. The summed E-state index contributed by atoms with van der Waals surface area (Å²) in [6.07, 6.45) is 5.85. The standard InChI is InChI=1S/C16H26BrNO/c1-3-5-9-16(4-2,13-18)10-11-19-15-8-6-7-14(17)12-15/h6-8,12H,3-5,9-11,13,18H2,1-2H3. The molecule has 0 heterocycles. The molecule has 2 N–H and O–H groups in total. The van der Waals surface area contributed by atoms with Gasteiger partial charge in [0.1, 0.15) is 5.75 Å². The third-order valence-corrected chi connectivity index (χ3v) is 4.43. The first-order valence-corrected chi connectivity index (χ1v) is 8.03. The van der Waals surface area contributed by atoms with E-state index in [-0.39, 0.29) is 5.41 Å². The van der Waals surface area contributed by atoms with E-state index < -0.39 is 0 Å². The van der Waals surface area contributed by atoms with Crippen molar-refractivity contribution in [3.05, 3.63) is 28.7 Å². The molecular formula is C16H26BrNO. The van der Waals surface area contributed by atoms with Gasteiger partial charge in [0.15, 0.2) is 0 Å². The molecule has 0 aliphatic carbocycles. The molecule has 1 unspecified atom stereocenters. The summed E-state index contributed by atoms with van der Waals surface area (Å²) in [4.78, 5) is 0. The van der Waals surface area contributed by atoms with Crippen LogP contribution in [-0.2, 0) is 0 Å². The van der Waals surface area contributed by atoms with Crippen LogP contribution >= 0.6 is 15.9 Å². The van der Waals surface area contributed by atoms with Crippen LogP contribution in [0.5, 0.6) is 5.75 Å². The Morgan fingerprint density at radius 2 is 2.05 bits per heavy atom. The molecule has 108 valence electrons. The van der Waals surface area contributed by atoms with E-state index in [2.05, 4.69) is 29.8 Å². The summed E-state index contributed by atoms with van der Waals surface area (Å²) in [5.41, 5.74) is 6.25. The number of ether oxygens (including phenoxy) is 1. The van der Waals surface area contributed by atoms with Crippen molar-refractivity contribution in [3.63, 3.8) is 0 Å². The number of rotatable bonds is 9. The summed E-state index contributed by atoms with van der Waals surface area (Å²) in [6, 6.07) is 7.99. The Labute approximate surface area is 125 Å². The van der Waals surface area contributed by atoms with Gasteiger partial charge in [0.25, 0.3) is 0 Å². The third-order valence-electron chi connectivity index (χ3n) is 3.94. The van der Waals surface area contributed by atoms with Gasteiger partial charge in [-0.3, -0.25) is 0 Å². The van der Waals surface area contributed by atoms with Crippen molar-refractivity contribution < 1.29 is 4.74 Å². The first-order valence-electron chi connectivity index (χ1n) is 7.24. The molecule has 1 atom stereocenters. The van der Waals surface area contributed by atoms with Gasteiger partial charge in [-0.05, 0) is 49.4 Å². The van der Waals surface area contributed by atoms with Crippen LogP contribution in [0.3, 0.4) is 0 Å². The number of hydrogen-bond donors (Lipinski definition) is 1. The Kier molecular flexibility index (Phi) is 7.47. The molecule has 0 radical (unpaired) electrons. The van der Waals surface area contributed by atoms with Gasteiger partial charge in [-0.25, -0.2) is 0 Å². The predicted octanol–water partition coefficient (Wildman–Crippen LogP) is 4.76. The van der Waals surface area contributed by atoms with E-state index in [0.29, 0.717) is 0 Å². The van der Waals surface area contributed by atoms with Gasteiger partial charge in [0.05, 0.1) is 6.61 Å². The van der Waals surface area contributed by atoms with Crippen LogP contribution < -0.4 is 10.5 Å². The van der Waals surface area contributed by atoms with Crippen LogP contribution in [0.2, 0.25) is 0 Å². The van der Waals surface area contributed by atoms with Gasteiger partial charge < -0.3 is 10.5 Å². The molecule has 0 aromatic heterocycles. The minimum Gasteiger partial charge on any atom is -0.494 e. The number of hydrogen-bond acceptors (Lipinski definition) is 2. The van der Waals surface area contributed by atoms with Gasteiger partial charge in [-0.1, -0.05) is 48.7 Å². The van der Waals surface area contributed by atoms with Crippen LogP contribution in [0, 0.1) is 5.41 Å². The Morgan fingerprint density at radius 1 is 1.26 bits per heavy atom. The smallest absolute Gasteiger partial charge is 0.120 e. The summed E-state index contributed by atoms with van der Waals surface area (Å²) in [7, 11) is 0. The molecular weight excluding hydrogens is 302 g/mol. The highest BCUT2D eigenvalue weighted by molar-refractivity contribution is 9.10. The summed E-state index contributed by atoms with van der Waals surface area (Å²) in [5, 5.41) is 0. The van der Waals surface area contributed by atoms with Gasteiger partial charge in [-0.15, -0.1) is 0 Å². The van der Waals surface area contributed by atoms with E-state index in [4.69, 9.17) is 10.5 Å². The van der Waals surface area contributed by atoms with Crippen molar-refractivity contribution >= 4 is 15.9 Å². The van der Waals surface area contributed by atoms with Crippen LogP contribution in [0.1, 0.15) is 46.0 Å². The molecule has 0 bridgehead atoms. The van der Waals surface area contributed by atoms with Crippen molar-refractivity contribution in [3.8, 4) is 5.75 Å². The maximum absolute atomic E-state index is 6.00. The van der Waals surface area contributed by atoms with Crippen molar-refractivity contribution in [1.29, 1.82) is 0 Å². The number of nitrogens with two attached hydrogens (primary N) is 1. The number of unbranched alkanes of at least 4 members (excludes halogenated alkanes) is 1. The summed E-state index contributed by atoms with van der Waals surface area (Å²) < 4.78 is 6.89. The monoisotopic (exact) mass is 327 g/mol. The van der Waals surface area contributed by atoms with Gasteiger partial charge in [0.2, 0.25) is 0 Å². The first-order chi connectivity index (χ1) is 9.15. The molecule has 3 heteroatoms. The van der Waals surface area contributed by atoms with Crippen LogP contribution in [0.25, 0.3) is 0 Å². The molecule has 0 aliphatic rings. The van der Waals surface area contributed by atoms with E-state index >= 15 is 0 Å². The lowest BCUT2D eigenvalue weighted by Gasteiger charge is -2.31. The zero-order valence-corrected chi connectivity index (χ0v) is 13.7. The Morgan fingerprint density at radius 3 is 2.63 bits per heavy atom. The lowest BCUT2D eigenvalue weighted by Crippen LogP contribution is -2.31. The number of halogens is 1. The highest BCUT2D eigenvalue weighted by atomic mass is 79.9. The molecule has 0 spiro atoms. The predicted molar refractivity (Wildman–Crippen MR) is 85.6 cm³/mol. The van der Waals surface area contributed by atoms with Crippen LogP contribution in [-0.4, -0.2) is 13.2 Å². The average Bonchev–Trinajstić information content (AvgIpc) is 2.43. The highest BCUT2D eigenvalue weighted by Gasteiger charge is 2.25. The molecule has 0 fully saturated rings. The van der Waals surface area contributed by atoms with E-state index in [1.54, 1.807) is 0 Å². The minimum atomic E-state index is 0.252. The topological polar surface area (TPSA) is 35.2 Å². The van der Waals surface area contributed by atoms with Crippen molar-refractivity contribution in [1.82, 2.24) is 0 Å². The molecule has 0 amide bonds. The van der Waals surface area contributed by atoms with E-state index in [0.717, 1.165) is 36.2 Å². The fourth-order valence-electron chi connectivity index (χ4n) is 2.32. The fraction of sp³-hybridized carbons (Fsp3) is 0.625. The summed E-state index contributed by atoms with van der Waals surface area (Å²) in [5.74, 6) is 0.923. The van der Waals surface area contributed by atoms with Gasteiger partial charge >= 0.3 is 0 Å². The molecule has 0 saturated carbocycles. The zero-order valence-electron chi connectivity index (χ0n) is 12.1. The second kappa shape index (κ2) is 8.60. The third kappa shape index (κ3) is 5.53. The lowest BCUT2D eigenvalue weighted by atomic mass is 9.77. The summed E-state index contributed by atoms with van der Waals surface area (Å²) in [6.45, 7) is 5.97. The lowest BCUT2D eigenvalue weighted by molar-refractivity contribution is 0.177. The zero-order chi connectivity index (χ0) is 14.1. The molecule has 1 aromatic carbocycles. The van der Waals surface area contributed by atoms with Crippen molar-refractivity contribution in [2.75, 3.05) is 13.2 Å². The Hall–Kier alpha value is -0.540. The molecule has 0 aliphatic heterocycles. The van der Waals surface area contributed by atoms with E-state index in [9.17, 15) is 0 Å². The maximum atomic E-state index is 6.00. The Balaban J connectivity index is 2.47. The minimum absolute atomic E-state index is 0.252. The molecule has 2 nitrogen and oxygen atoms in total. The Bertz CT molecular complexity index is 364. The second-order valence-corrected chi connectivity index (χ2v) is 6.13. The van der Waals surface area contributed by atoms with Crippen molar-refractivity contribution in [2.24, 2.45) is 11.1 Å². The second-order valence-electron chi connectivity index (χ2n) is 5.22. The fourth-order valence-corrected chi connectivity index (χ4v) is 2.70. The molecule has 1 rings (SSSR count). The quantitative estimate of drug-likeness (QED) is 0.709. The number of benzene rings is 1. The van der Waals surface area contributed by atoms with Crippen LogP contribution in [0.4, 0.5) is 0 Å². The average molecular weight is 328 g/mol. The van der Waals surface area contributed by atoms with E-state index in [1.165, 1.54) is 19.3 Å².